The molecule has 3 heterocycles. The Kier molecular flexibility index (Phi) is 9.39. The number of hydrogen-bond acceptors (Lipinski definition) is 3. The minimum absolute atomic E-state index is 0.589. The Labute approximate surface area is 390 Å². The first-order valence-electron chi connectivity index (χ1n) is 23.4. The van der Waals surface area contributed by atoms with Crippen molar-refractivity contribution < 1.29 is 0 Å². The van der Waals surface area contributed by atoms with Crippen LogP contribution in [0.15, 0.2) is 224 Å². The molecule has 6 heteroatoms. The Balaban J connectivity index is 1.18. The third kappa shape index (κ3) is 6.39. The summed E-state index contributed by atoms with van der Waals surface area (Å²) in [7, 11) is -3.04. The van der Waals surface area contributed by atoms with Crippen molar-refractivity contribution in [1.29, 1.82) is 0 Å². The monoisotopic (exact) mass is 875 g/mol. The van der Waals surface area contributed by atoms with Crippen LogP contribution in [0.5, 0.6) is 0 Å². The van der Waals surface area contributed by atoms with E-state index in [1.807, 2.05) is 0 Å². The van der Waals surface area contributed by atoms with Gasteiger partial charge in [0.25, 0.3) is 0 Å². The molecular weight excluding hydrogens is 831 g/mol. The molecule has 0 radical (unpaired) electrons. The van der Waals surface area contributed by atoms with Crippen LogP contribution in [0.4, 0.5) is 0 Å². The second-order valence-corrected chi connectivity index (χ2v) is 21.6. The van der Waals surface area contributed by atoms with Crippen molar-refractivity contribution in [3.63, 3.8) is 0 Å². The van der Waals surface area contributed by atoms with Gasteiger partial charge in [0.1, 0.15) is 0 Å². The minimum Gasteiger partial charge on any atom is -0.278 e. The van der Waals surface area contributed by atoms with E-state index in [-0.39, 0.29) is 0 Å². The van der Waals surface area contributed by atoms with Crippen molar-refractivity contribution in [2.75, 3.05) is 0 Å². The minimum atomic E-state index is -3.04. The lowest BCUT2D eigenvalue weighted by Crippen LogP contribution is -2.75. The Morgan fingerprint density at radius 2 is 0.687 bits per heavy atom. The summed E-state index contributed by atoms with van der Waals surface area (Å²) in [4.78, 5) is 17.0. The number of benzene rings is 9. The predicted molar refractivity (Wildman–Crippen MR) is 279 cm³/mol. The fraction of sp³-hybridized carbons (Fsp3) is 0.0656. The first-order chi connectivity index (χ1) is 33.2. The molecule has 4 aliphatic carbocycles. The molecule has 0 unspecified atom stereocenters. The van der Waals surface area contributed by atoms with Crippen LogP contribution in [0, 0.1) is 0 Å². The number of aryl methyl sites for hydroxylation is 3. The number of nitrogens with zero attached hydrogens (tertiary/aromatic N) is 5. The van der Waals surface area contributed by atoms with Crippen LogP contribution in [0.2, 0.25) is 0 Å². The van der Waals surface area contributed by atoms with Crippen molar-refractivity contribution in [3.8, 4) is 23.3 Å². The summed E-state index contributed by atoms with van der Waals surface area (Å²) in [5, 5.41) is 10.1. The van der Waals surface area contributed by atoms with E-state index in [0.29, 0.717) is 17.7 Å². The van der Waals surface area contributed by atoms with Crippen LogP contribution in [-0.4, -0.2) is 32.2 Å². The van der Waals surface area contributed by atoms with Crippen molar-refractivity contribution in [1.82, 2.24) is 24.1 Å². The third-order valence-corrected chi connectivity index (χ3v) is 19.0. The molecule has 12 aromatic rings. The summed E-state index contributed by atoms with van der Waals surface area (Å²) in [5.41, 5.74) is 10.5. The highest BCUT2D eigenvalue weighted by atomic mass is 28.3. The smallest absolute Gasteiger partial charge is 0.240 e. The van der Waals surface area contributed by atoms with Gasteiger partial charge in [-0.15, -0.1) is 0 Å². The number of para-hydroxylation sites is 4. The van der Waals surface area contributed by atoms with E-state index < -0.39 is 8.07 Å². The SMILES string of the molecule is c1ccc([Si](c2ccccc2)(c2ccccc2)c2cc3cc(-c4nc(-n5c6ccccc6c6ccccc65)nc(-n5c6ccccc6c6ccccc65)n4)c2CCc2ccc(cc2)CC3)cc1. The van der Waals surface area contributed by atoms with Gasteiger partial charge in [-0.05, 0) is 99.0 Å². The van der Waals surface area contributed by atoms with Gasteiger partial charge in [0.05, 0.1) is 22.1 Å². The molecule has 16 rings (SSSR count). The van der Waals surface area contributed by atoms with E-state index in [2.05, 4.69) is 234 Å². The highest BCUT2D eigenvalue weighted by Crippen LogP contribution is 2.36. The van der Waals surface area contributed by atoms with Crippen LogP contribution in [-0.2, 0) is 25.7 Å². The van der Waals surface area contributed by atoms with Gasteiger partial charge < -0.3 is 0 Å². The normalized spacial score (nSPS) is 12.8. The fourth-order valence-electron chi connectivity index (χ4n) is 11.1. The number of rotatable bonds is 7. The zero-order chi connectivity index (χ0) is 44.3. The van der Waals surface area contributed by atoms with E-state index in [0.717, 1.165) is 74.9 Å². The zero-order valence-electron chi connectivity index (χ0n) is 36.9. The zero-order valence-corrected chi connectivity index (χ0v) is 37.9. The van der Waals surface area contributed by atoms with Gasteiger partial charge >= 0.3 is 0 Å². The Morgan fingerprint density at radius 1 is 0.328 bits per heavy atom. The Bertz CT molecular complexity index is 3470. The molecular formula is C61H45N5Si. The average Bonchev–Trinajstić information content (AvgIpc) is 3.91. The predicted octanol–water partition coefficient (Wildman–Crippen LogP) is 11.0. The van der Waals surface area contributed by atoms with E-state index in [4.69, 9.17) is 15.0 Å². The van der Waals surface area contributed by atoms with Crippen LogP contribution >= 0.6 is 0 Å². The molecule has 9 aromatic carbocycles. The fourth-order valence-corrected chi connectivity index (χ4v) is 16.2. The topological polar surface area (TPSA) is 48.5 Å². The summed E-state index contributed by atoms with van der Waals surface area (Å²) in [6.45, 7) is 0. The highest BCUT2D eigenvalue weighted by molar-refractivity contribution is 7.20. The van der Waals surface area contributed by atoms with Gasteiger partial charge in [0, 0.05) is 27.1 Å². The molecule has 0 spiro atoms. The Morgan fingerprint density at radius 3 is 1.10 bits per heavy atom. The van der Waals surface area contributed by atoms with Gasteiger partial charge in [-0.25, -0.2) is 0 Å². The molecule has 0 amide bonds. The van der Waals surface area contributed by atoms with Crippen LogP contribution in [0.3, 0.4) is 0 Å². The summed E-state index contributed by atoms with van der Waals surface area (Å²) in [6.07, 6.45) is 3.46. The van der Waals surface area contributed by atoms with E-state index in [1.54, 1.807) is 0 Å². The molecule has 0 N–H and O–H groups in total. The van der Waals surface area contributed by atoms with Crippen molar-refractivity contribution in [3.05, 3.63) is 247 Å². The molecule has 4 bridgehead atoms. The molecule has 0 saturated heterocycles. The molecule has 5 nitrogen and oxygen atoms in total. The molecule has 0 atom stereocenters. The molecule has 67 heavy (non-hydrogen) atoms. The second-order valence-electron chi connectivity index (χ2n) is 17.8. The molecule has 0 saturated carbocycles. The molecule has 0 aliphatic heterocycles. The van der Waals surface area contributed by atoms with Crippen LogP contribution in [0.1, 0.15) is 22.3 Å². The largest absolute Gasteiger partial charge is 0.278 e. The van der Waals surface area contributed by atoms with Crippen LogP contribution < -0.4 is 20.7 Å². The summed E-state index contributed by atoms with van der Waals surface area (Å²) in [6, 6.07) is 82.7. The second kappa shape index (κ2) is 16.1. The quantitative estimate of drug-likeness (QED) is 0.118. The number of hydrogen-bond donors (Lipinski definition) is 0. The lowest BCUT2D eigenvalue weighted by Gasteiger charge is -2.37. The maximum atomic E-state index is 5.71. The maximum Gasteiger partial charge on any atom is 0.240 e. The highest BCUT2D eigenvalue weighted by Gasteiger charge is 2.44. The summed E-state index contributed by atoms with van der Waals surface area (Å²) in [5.74, 6) is 1.85. The van der Waals surface area contributed by atoms with E-state index >= 15 is 0 Å². The summed E-state index contributed by atoms with van der Waals surface area (Å²) < 4.78 is 4.49. The molecule has 3 aromatic heterocycles. The standard InChI is InChI=1S/C61H45N5Si/c1-4-18-45(19-5-1)67(46-20-6-2-7-21-46,47-22-8-3-9-23-47)58-41-44-37-36-42-32-34-43(35-33-42)38-39-52(58)53(40-44)59-62-60(65-54-28-14-10-24-48(54)49-25-11-15-29-55(49)65)64-61(63-59)66-56-30-16-12-26-50(56)51-27-13-17-31-57(51)66/h1-35,40-41H,36-39H2. The first kappa shape index (κ1) is 39.2. The lowest BCUT2D eigenvalue weighted by atomic mass is 9.93. The van der Waals surface area contributed by atoms with Crippen molar-refractivity contribution >= 4 is 72.4 Å². The first-order valence-corrected chi connectivity index (χ1v) is 25.4. The van der Waals surface area contributed by atoms with Gasteiger partial charge in [0.2, 0.25) is 11.9 Å². The van der Waals surface area contributed by atoms with Crippen molar-refractivity contribution in [2.45, 2.75) is 25.7 Å². The third-order valence-electron chi connectivity index (χ3n) is 14.1. The van der Waals surface area contributed by atoms with Gasteiger partial charge in [-0.3, -0.25) is 9.13 Å². The van der Waals surface area contributed by atoms with Crippen LogP contribution in [0.25, 0.3) is 66.9 Å². The van der Waals surface area contributed by atoms with Gasteiger partial charge in [-0.1, -0.05) is 194 Å². The molecule has 0 fully saturated rings. The molecule has 4 aliphatic rings. The van der Waals surface area contributed by atoms with E-state index in [9.17, 15) is 0 Å². The van der Waals surface area contributed by atoms with Crippen molar-refractivity contribution in [2.24, 2.45) is 0 Å². The van der Waals surface area contributed by atoms with Gasteiger partial charge in [-0.2, -0.15) is 15.0 Å². The summed E-state index contributed by atoms with van der Waals surface area (Å²) >= 11 is 0. The molecule has 318 valence electrons. The lowest BCUT2D eigenvalue weighted by molar-refractivity contribution is 0.885. The Hall–Kier alpha value is -8.19. The number of fused-ring (bicyclic) bond motifs is 6. The van der Waals surface area contributed by atoms with Gasteiger partial charge in [0.15, 0.2) is 13.9 Å². The maximum absolute atomic E-state index is 5.71. The van der Waals surface area contributed by atoms with E-state index in [1.165, 1.54) is 43.0 Å². The average molecular weight is 876 g/mol. The number of aromatic nitrogens is 5.